The Labute approximate surface area is 203 Å². The van der Waals surface area contributed by atoms with E-state index in [1.807, 2.05) is 47.1 Å². The summed E-state index contributed by atoms with van der Waals surface area (Å²) in [6, 6.07) is 7.52. The molecule has 2 N–H and O–H groups in total. The Morgan fingerprint density at radius 2 is 1.79 bits per heavy atom. The minimum atomic E-state index is -0.553. The van der Waals surface area contributed by atoms with Crippen LogP contribution in [-0.4, -0.2) is 47.4 Å². The second-order valence-corrected chi connectivity index (χ2v) is 11.1. The fraction of sp³-hybridized carbons (Fsp3) is 0.577. The van der Waals surface area contributed by atoms with Gasteiger partial charge in [0.05, 0.1) is 27.7 Å². The van der Waals surface area contributed by atoms with Gasteiger partial charge in [-0.1, -0.05) is 52.5 Å². The SMILES string of the molecule is C.CNC(C(=O)N1CCCC1C(=O)NC(C)(C)c1ccc(-c2scnc2C)cc1)C(C)(C)C. The first-order valence-corrected chi connectivity index (χ1v) is 12.1. The molecular formula is C26H40N4O2S. The zero-order valence-corrected chi connectivity index (χ0v) is 21.1. The number of nitrogens with zero attached hydrogens (tertiary/aromatic N) is 2. The summed E-state index contributed by atoms with van der Waals surface area (Å²) in [4.78, 5) is 33.8. The first-order chi connectivity index (χ1) is 15.0. The van der Waals surface area contributed by atoms with E-state index in [2.05, 4.69) is 39.9 Å². The van der Waals surface area contributed by atoms with E-state index in [9.17, 15) is 9.59 Å². The number of aryl methyl sites for hydroxylation is 1. The molecule has 1 aromatic heterocycles. The lowest BCUT2D eigenvalue weighted by Crippen LogP contribution is -2.57. The van der Waals surface area contributed by atoms with Gasteiger partial charge in [0, 0.05) is 6.54 Å². The smallest absolute Gasteiger partial charge is 0.243 e. The second kappa shape index (κ2) is 10.3. The minimum absolute atomic E-state index is 0. The number of likely N-dealkylation sites (tertiary alicyclic amines) is 1. The lowest BCUT2D eigenvalue weighted by Gasteiger charge is -2.36. The molecule has 7 heteroatoms. The number of hydrogen-bond donors (Lipinski definition) is 2. The summed E-state index contributed by atoms with van der Waals surface area (Å²) in [5.41, 5.74) is 4.25. The molecule has 0 radical (unpaired) electrons. The highest BCUT2D eigenvalue weighted by atomic mass is 32.1. The van der Waals surface area contributed by atoms with E-state index < -0.39 is 11.6 Å². The molecule has 2 amide bonds. The van der Waals surface area contributed by atoms with Crippen LogP contribution in [0.4, 0.5) is 0 Å². The van der Waals surface area contributed by atoms with Gasteiger partial charge in [-0.2, -0.15) is 0 Å². The third kappa shape index (κ3) is 5.82. The van der Waals surface area contributed by atoms with Crippen LogP contribution in [0, 0.1) is 12.3 Å². The highest BCUT2D eigenvalue weighted by Crippen LogP contribution is 2.30. The third-order valence-electron chi connectivity index (χ3n) is 6.29. The maximum atomic E-state index is 13.3. The Balaban J connectivity index is 0.00000385. The Kier molecular flexibility index (Phi) is 8.47. The second-order valence-electron chi connectivity index (χ2n) is 10.2. The molecule has 2 unspecified atom stereocenters. The van der Waals surface area contributed by atoms with Crippen LogP contribution in [0.3, 0.4) is 0 Å². The normalized spacial score (nSPS) is 17.4. The van der Waals surface area contributed by atoms with Gasteiger partial charge >= 0.3 is 0 Å². The van der Waals surface area contributed by atoms with Crippen molar-refractivity contribution in [1.29, 1.82) is 0 Å². The van der Waals surface area contributed by atoms with Gasteiger partial charge in [-0.25, -0.2) is 4.98 Å². The first kappa shape index (κ1) is 27.0. The number of carbonyl (C=O) groups excluding carboxylic acids is 2. The van der Waals surface area contributed by atoms with Crippen LogP contribution < -0.4 is 10.6 Å². The van der Waals surface area contributed by atoms with Crippen LogP contribution >= 0.6 is 11.3 Å². The average Bonchev–Trinajstić information content (AvgIpc) is 3.36. The molecule has 3 rings (SSSR count). The van der Waals surface area contributed by atoms with E-state index in [0.29, 0.717) is 13.0 Å². The van der Waals surface area contributed by atoms with Gasteiger partial charge in [-0.3, -0.25) is 9.59 Å². The van der Waals surface area contributed by atoms with Crippen LogP contribution in [0.25, 0.3) is 10.4 Å². The van der Waals surface area contributed by atoms with E-state index in [0.717, 1.165) is 28.1 Å². The van der Waals surface area contributed by atoms with E-state index in [-0.39, 0.29) is 30.7 Å². The van der Waals surface area contributed by atoms with Crippen molar-refractivity contribution in [3.8, 4) is 10.4 Å². The van der Waals surface area contributed by atoms with Gasteiger partial charge in [0.2, 0.25) is 11.8 Å². The number of amides is 2. The van der Waals surface area contributed by atoms with Gasteiger partial charge in [0.15, 0.2) is 0 Å². The number of thiazole rings is 1. The summed E-state index contributed by atoms with van der Waals surface area (Å²) < 4.78 is 0. The summed E-state index contributed by atoms with van der Waals surface area (Å²) in [7, 11) is 1.81. The number of likely N-dealkylation sites (N-methyl/N-ethyl adjacent to an activating group) is 1. The molecule has 2 heterocycles. The van der Waals surface area contributed by atoms with Crippen LogP contribution in [0.15, 0.2) is 29.8 Å². The van der Waals surface area contributed by atoms with Crippen molar-refractivity contribution in [3.05, 3.63) is 41.0 Å². The molecule has 0 bridgehead atoms. The Morgan fingerprint density at radius 3 is 2.30 bits per heavy atom. The van der Waals surface area contributed by atoms with Gasteiger partial charge in [-0.05, 0) is 57.2 Å². The zero-order chi connectivity index (χ0) is 23.7. The number of benzene rings is 1. The van der Waals surface area contributed by atoms with Crippen molar-refractivity contribution in [1.82, 2.24) is 20.5 Å². The molecule has 182 valence electrons. The summed E-state index contributed by atoms with van der Waals surface area (Å²) in [6.07, 6.45) is 1.53. The molecule has 1 saturated heterocycles. The topological polar surface area (TPSA) is 74.3 Å². The Morgan fingerprint density at radius 1 is 1.15 bits per heavy atom. The van der Waals surface area contributed by atoms with Crippen LogP contribution in [0.5, 0.6) is 0 Å². The van der Waals surface area contributed by atoms with Crippen molar-refractivity contribution >= 4 is 23.2 Å². The highest BCUT2D eigenvalue weighted by Gasteiger charge is 2.41. The summed E-state index contributed by atoms with van der Waals surface area (Å²) in [5.74, 6) is -0.0910. The van der Waals surface area contributed by atoms with Crippen molar-refractivity contribution < 1.29 is 9.59 Å². The van der Waals surface area contributed by atoms with Gasteiger partial charge < -0.3 is 15.5 Å². The van der Waals surface area contributed by atoms with Crippen LogP contribution in [-0.2, 0) is 15.1 Å². The predicted octanol–water partition coefficient (Wildman–Crippen LogP) is 4.73. The summed E-state index contributed by atoms with van der Waals surface area (Å²) in [6.45, 7) is 12.8. The number of rotatable bonds is 6. The molecule has 1 aromatic carbocycles. The molecule has 0 spiro atoms. The fourth-order valence-electron chi connectivity index (χ4n) is 4.48. The van der Waals surface area contributed by atoms with Gasteiger partial charge in [-0.15, -0.1) is 11.3 Å². The van der Waals surface area contributed by atoms with Crippen molar-refractivity contribution in [2.75, 3.05) is 13.6 Å². The number of nitrogens with one attached hydrogen (secondary N) is 2. The molecule has 0 saturated carbocycles. The average molecular weight is 473 g/mol. The number of carbonyl (C=O) groups is 2. The maximum Gasteiger partial charge on any atom is 0.243 e. The summed E-state index contributed by atoms with van der Waals surface area (Å²) in [5, 5.41) is 6.34. The maximum absolute atomic E-state index is 13.3. The molecule has 0 aliphatic carbocycles. The molecule has 33 heavy (non-hydrogen) atoms. The third-order valence-corrected chi connectivity index (χ3v) is 7.27. The number of aromatic nitrogens is 1. The minimum Gasteiger partial charge on any atom is -0.345 e. The molecule has 1 fully saturated rings. The quantitative estimate of drug-likeness (QED) is 0.637. The van der Waals surface area contributed by atoms with E-state index in [1.54, 1.807) is 23.3 Å². The van der Waals surface area contributed by atoms with E-state index in [4.69, 9.17) is 0 Å². The zero-order valence-electron chi connectivity index (χ0n) is 20.3. The largest absolute Gasteiger partial charge is 0.345 e. The molecule has 6 nitrogen and oxygen atoms in total. The lowest BCUT2D eigenvalue weighted by atomic mass is 9.85. The van der Waals surface area contributed by atoms with Crippen molar-refractivity contribution in [2.45, 2.75) is 79.4 Å². The molecular weight excluding hydrogens is 432 g/mol. The van der Waals surface area contributed by atoms with Gasteiger partial charge in [0.1, 0.15) is 6.04 Å². The van der Waals surface area contributed by atoms with Crippen molar-refractivity contribution in [2.24, 2.45) is 5.41 Å². The molecule has 2 aromatic rings. The Hall–Kier alpha value is -2.25. The van der Waals surface area contributed by atoms with E-state index in [1.165, 1.54) is 0 Å². The lowest BCUT2D eigenvalue weighted by molar-refractivity contribution is -0.142. The summed E-state index contributed by atoms with van der Waals surface area (Å²) >= 11 is 1.63. The molecule has 1 aliphatic rings. The molecule has 1 aliphatic heterocycles. The standard InChI is InChI=1S/C25H36N4O2S.CH4/c1-16-20(32-15-27-16)17-10-12-18(13-11-17)25(5,6)28-22(30)19-9-8-14-29(19)23(31)21(26-7)24(2,3)4;/h10-13,15,19,21,26H,8-9,14H2,1-7H3,(H,28,30);1H4. The molecule has 2 atom stereocenters. The van der Waals surface area contributed by atoms with Crippen LogP contribution in [0.2, 0.25) is 0 Å². The fourth-order valence-corrected chi connectivity index (χ4v) is 5.29. The van der Waals surface area contributed by atoms with E-state index >= 15 is 0 Å². The Bertz CT molecular complexity index is 959. The predicted molar refractivity (Wildman–Crippen MR) is 137 cm³/mol. The first-order valence-electron chi connectivity index (χ1n) is 11.3. The monoisotopic (exact) mass is 472 g/mol. The van der Waals surface area contributed by atoms with Gasteiger partial charge in [0.25, 0.3) is 0 Å². The highest BCUT2D eigenvalue weighted by molar-refractivity contribution is 7.13. The van der Waals surface area contributed by atoms with Crippen molar-refractivity contribution in [3.63, 3.8) is 0 Å². The van der Waals surface area contributed by atoms with Crippen LogP contribution in [0.1, 0.15) is 66.1 Å². The number of hydrogen-bond acceptors (Lipinski definition) is 5.